The average Bonchev–Trinajstić information content (AvgIpc) is 3.39. The van der Waals surface area contributed by atoms with E-state index in [4.69, 9.17) is 9.15 Å². The number of nitrogens with zero attached hydrogens (tertiary/aromatic N) is 3. The Hall–Kier alpha value is -3.01. The van der Waals surface area contributed by atoms with Crippen molar-refractivity contribution in [3.8, 4) is 5.75 Å². The van der Waals surface area contributed by atoms with Crippen LogP contribution in [0, 0.1) is 0 Å². The van der Waals surface area contributed by atoms with Gasteiger partial charge in [0.2, 0.25) is 0 Å². The molecule has 1 fully saturated rings. The molecule has 4 rings (SSSR count). The molecule has 33 heavy (non-hydrogen) atoms. The summed E-state index contributed by atoms with van der Waals surface area (Å²) >= 11 is 0. The third-order valence-corrected chi connectivity index (χ3v) is 5.46. The van der Waals surface area contributed by atoms with Crippen molar-refractivity contribution in [2.45, 2.75) is 13.2 Å². The number of piperazine rings is 1. The first-order valence-electron chi connectivity index (χ1n) is 10.8. The van der Waals surface area contributed by atoms with Crippen LogP contribution < -0.4 is 10.1 Å². The van der Waals surface area contributed by atoms with E-state index in [1.807, 2.05) is 41.3 Å². The third kappa shape index (κ3) is 6.50. The number of carbonyl (C=O) groups excluding carboxylic acids is 1. The Bertz CT molecular complexity index is 1030. The maximum atomic E-state index is 12.5. The second-order valence-corrected chi connectivity index (χ2v) is 7.54. The van der Waals surface area contributed by atoms with Crippen molar-refractivity contribution < 1.29 is 13.9 Å². The molecule has 2 aromatic carbocycles. The zero-order chi connectivity index (χ0) is 22.2. The van der Waals surface area contributed by atoms with Crippen LogP contribution in [0.1, 0.15) is 21.7 Å². The molecular weight excluding hydrogens is 531 g/mol. The van der Waals surface area contributed by atoms with Gasteiger partial charge in [-0.1, -0.05) is 48.5 Å². The number of furan rings is 1. The lowest BCUT2D eigenvalue weighted by Crippen LogP contribution is -2.53. The fourth-order valence-electron chi connectivity index (χ4n) is 3.71. The van der Waals surface area contributed by atoms with Gasteiger partial charge in [-0.3, -0.25) is 9.79 Å². The predicted octanol–water partition coefficient (Wildman–Crippen LogP) is 4.01. The standard InChI is InChI=1S/C25H28N4O3.HI/c1-26-25(29-15-13-28(14-16-29)24(30)23-12-7-17-31-23)27-18-21-10-5-6-11-22(21)32-19-20-8-3-2-4-9-20;/h2-12,17H,13-16,18-19H2,1H3,(H,26,27);1H. The summed E-state index contributed by atoms with van der Waals surface area (Å²) in [6.45, 7) is 3.78. The average molecular weight is 560 g/mol. The van der Waals surface area contributed by atoms with Crippen molar-refractivity contribution in [3.05, 3.63) is 89.9 Å². The Morgan fingerprint density at radius 2 is 1.67 bits per heavy atom. The lowest BCUT2D eigenvalue weighted by Gasteiger charge is -2.36. The summed E-state index contributed by atoms with van der Waals surface area (Å²) in [5.41, 5.74) is 2.20. The van der Waals surface area contributed by atoms with Crippen molar-refractivity contribution >= 4 is 35.8 Å². The molecule has 8 heteroatoms. The van der Waals surface area contributed by atoms with E-state index in [1.165, 1.54) is 6.26 Å². The molecule has 1 aromatic heterocycles. The van der Waals surface area contributed by atoms with Gasteiger partial charge in [0.15, 0.2) is 11.7 Å². The first-order valence-corrected chi connectivity index (χ1v) is 10.8. The molecule has 3 aromatic rings. The van der Waals surface area contributed by atoms with E-state index in [9.17, 15) is 4.79 Å². The lowest BCUT2D eigenvalue weighted by molar-refractivity contribution is 0.0657. The number of amides is 1. The first-order chi connectivity index (χ1) is 15.7. The number of aliphatic imine (C=N–C) groups is 1. The molecule has 0 spiro atoms. The maximum Gasteiger partial charge on any atom is 0.289 e. The van der Waals surface area contributed by atoms with Gasteiger partial charge in [0.25, 0.3) is 5.91 Å². The van der Waals surface area contributed by atoms with E-state index in [0.717, 1.165) is 22.8 Å². The normalized spacial score (nSPS) is 13.9. The number of nitrogens with one attached hydrogen (secondary N) is 1. The van der Waals surface area contributed by atoms with Crippen LogP contribution in [-0.2, 0) is 13.2 Å². The minimum atomic E-state index is -0.0675. The van der Waals surface area contributed by atoms with Gasteiger partial charge < -0.3 is 24.3 Å². The Morgan fingerprint density at radius 1 is 0.970 bits per heavy atom. The fourth-order valence-corrected chi connectivity index (χ4v) is 3.71. The van der Waals surface area contributed by atoms with Gasteiger partial charge in [-0.25, -0.2) is 0 Å². The molecule has 174 valence electrons. The maximum absolute atomic E-state index is 12.5. The number of carbonyl (C=O) groups is 1. The number of halogens is 1. The highest BCUT2D eigenvalue weighted by Crippen LogP contribution is 2.19. The fraction of sp³-hybridized carbons (Fsp3) is 0.280. The van der Waals surface area contributed by atoms with E-state index < -0.39 is 0 Å². The van der Waals surface area contributed by atoms with Crippen molar-refractivity contribution in [2.75, 3.05) is 33.2 Å². The van der Waals surface area contributed by atoms with Crippen LogP contribution >= 0.6 is 24.0 Å². The van der Waals surface area contributed by atoms with Crippen molar-refractivity contribution in [1.82, 2.24) is 15.1 Å². The number of benzene rings is 2. The summed E-state index contributed by atoms with van der Waals surface area (Å²) in [4.78, 5) is 20.9. The molecule has 0 radical (unpaired) electrons. The summed E-state index contributed by atoms with van der Waals surface area (Å²) < 4.78 is 11.3. The molecule has 0 aliphatic carbocycles. The SMILES string of the molecule is CN=C(NCc1ccccc1OCc1ccccc1)N1CCN(C(=O)c2ccco2)CC1.I. The summed E-state index contributed by atoms with van der Waals surface area (Å²) in [5.74, 6) is 1.98. The molecule has 0 unspecified atom stereocenters. The van der Waals surface area contributed by atoms with Crippen LogP contribution in [0.25, 0.3) is 0 Å². The molecule has 1 saturated heterocycles. The van der Waals surface area contributed by atoms with Crippen molar-refractivity contribution in [2.24, 2.45) is 4.99 Å². The molecule has 1 aliphatic heterocycles. The lowest BCUT2D eigenvalue weighted by atomic mass is 10.2. The Morgan fingerprint density at radius 3 is 2.36 bits per heavy atom. The van der Waals surface area contributed by atoms with Gasteiger partial charge >= 0.3 is 0 Å². The molecule has 0 saturated carbocycles. The summed E-state index contributed by atoms with van der Waals surface area (Å²) in [6, 6.07) is 21.6. The zero-order valence-electron chi connectivity index (χ0n) is 18.6. The van der Waals surface area contributed by atoms with E-state index in [-0.39, 0.29) is 29.9 Å². The summed E-state index contributed by atoms with van der Waals surface area (Å²) in [7, 11) is 1.78. The molecule has 0 atom stereocenters. The highest BCUT2D eigenvalue weighted by Gasteiger charge is 2.25. The van der Waals surface area contributed by atoms with Gasteiger partial charge in [0.1, 0.15) is 12.4 Å². The molecule has 7 nitrogen and oxygen atoms in total. The molecule has 1 aliphatic rings. The van der Waals surface area contributed by atoms with Gasteiger partial charge in [0, 0.05) is 45.3 Å². The largest absolute Gasteiger partial charge is 0.489 e. The van der Waals surface area contributed by atoms with Crippen LogP contribution in [0.4, 0.5) is 0 Å². The third-order valence-electron chi connectivity index (χ3n) is 5.46. The monoisotopic (exact) mass is 560 g/mol. The minimum Gasteiger partial charge on any atom is -0.489 e. The highest BCUT2D eigenvalue weighted by atomic mass is 127. The Balaban J connectivity index is 0.00000306. The molecule has 1 N–H and O–H groups in total. The number of hydrogen-bond donors (Lipinski definition) is 1. The second kappa shape index (κ2) is 12.3. The van der Waals surface area contributed by atoms with Gasteiger partial charge in [-0.2, -0.15) is 0 Å². The molecular formula is C25H29IN4O3. The van der Waals surface area contributed by atoms with Gasteiger partial charge in [0.05, 0.1) is 6.26 Å². The van der Waals surface area contributed by atoms with Crippen molar-refractivity contribution in [1.29, 1.82) is 0 Å². The summed E-state index contributed by atoms with van der Waals surface area (Å²) in [5, 5.41) is 3.44. The van der Waals surface area contributed by atoms with Gasteiger partial charge in [-0.15, -0.1) is 24.0 Å². The predicted molar refractivity (Wildman–Crippen MR) is 139 cm³/mol. The molecule has 1 amide bonds. The number of rotatable bonds is 6. The van der Waals surface area contributed by atoms with Gasteiger partial charge in [-0.05, 0) is 23.8 Å². The topological polar surface area (TPSA) is 70.3 Å². The highest BCUT2D eigenvalue weighted by molar-refractivity contribution is 14.0. The van der Waals surface area contributed by atoms with Crippen LogP contribution in [0.3, 0.4) is 0 Å². The van der Waals surface area contributed by atoms with E-state index in [2.05, 4.69) is 33.4 Å². The number of para-hydroxylation sites is 1. The van der Waals surface area contributed by atoms with Crippen LogP contribution in [0.2, 0.25) is 0 Å². The Kier molecular flexibility index (Phi) is 9.17. The molecule has 0 bridgehead atoms. The zero-order valence-corrected chi connectivity index (χ0v) is 21.0. The first kappa shape index (κ1) is 24.6. The van der Waals surface area contributed by atoms with Crippen LogP contribution in [0.15, 0.2) is 82.4 Å². The second-order valence-electron chi connectivity index (χ2n) is 7.54. The van der Waals surface area contributed by atoms with Crippen LogP contribution in [-0.4, -0.2) is 54.9 Å². The van der Waals surface area contributed by atoms with Crippen molar-refractivity contribution in [3.63, 3.8) is 0 Å². The van der Waals surface area contributed by atoms with Crippen LogP contribution in [0.5, 0.6) is 5.75 Å². The van der Waals surface area contributed by atoms with E-state index >= 15 is 0 Å². The summed E-state index contributed by atoms with van der Waals surface area (Å²) in [6.07, 6.45) is 1.52. The minimum absolute atomic E-state index is 0. The number of guanidine groups is 1. The van der Waals surface area contributed by atoms with E-state index in [1.54, 1.807) is 19.2 Å². The quantitative estimate of drug-likeness (QED) is 0.281. The number of hydrogen-bond acceptors (Lipinski definition) is 4. The number of ether oxygens (including phenoxy) is 1. The smallest absolute Gasteiger partial charge is 0.289 e. The Labute approximate surface area is 211 Å². The molecule has 2 heterocycles. The van der Waals surface area contributed by atoms with E-state index in [0.29, 0.717) is 45.1 Å².